The van der Waals surface area contributed by atoms with Crippen LogP contribution in [0.25, 0.3) is 0 Å². The molecule has 2 nitrogen and oxygen atoms in total. The Morgan fingerprint density at radius 1 is 1.40 bits per heavy atom. The lowest BCUT2D eigenvalue weighted by Gasteiger charge is -2.17. The van der Waals surface area contributed by atoms with Crippen LogP contribution >= 0.6 is 0 Å². The zero-order valence-electron chi connectivity index (χ0n) is 7.35. The first-order valence-corrected chi connectivity index (χ1v) is 4.19. The van der Waals surface area contributed by atoms with E-state index in [-0.39, 0.29) is 0 Å². The number of nitrogens with two attached hydrogens (primary N) is 1. The van der Waals surface area contributed by atoms with Gasteiger partial charge in [0.1, 0.15) is 0 Å². The van der Waals surface area contributed by atoms with Gasteiger partial charge in [0.25, 0.3) is 0 Å². The zero-order valence-corrected chi connectivity index (χ0v) is 7.35. The van der Waals surface area contributed by atoms with Crippen LogP contribution in [0.2, 0.25) is 0 Å². The summed E-state index contributed by atoms with van der Waals surface area (Å²) in [6.45, 7) is 7.42. The topological polar surface area (TPSA) is 38.0 Å². The monoisotopic (exact) mass is 144 g/mol. The second-order valence-electron chi connectivity index (χ2n) is 2.88. The van der Waals surface area contributed by atoms with E-state index in [1.165, 1.54) is 6.42 Å². The summed E-state index contributed by atoms with van der Waals surface area (Å²) in [5.74, 6) is 0. The Morgan fingerprint density at radius 3 is 2.30 bits per heavy atom. The summed E-state index contributed by atoms with van der Waals surface area (Å²) in [6.07, 6.45) is 2.26. The van der Waals surface area contributed by atoms with Gasteiger partial charge in [-0.15, -0.1) is 0 Å². The molecule has 2 unspecified atom stereocenters. The fraction of sp³-hybridized carbons (Fsp3) is 1.00. The van der Waals surface area contributed by atoms with Crippen LogP contribution in [0, 0.1) is 0 Å². The second-order valence-corrected chi connectivity index (χ2v) is 2.88. The van der Waals surface area contributed by atoms with Crippen LogP contribution < -0.4 is 11.1 Å². The molecule has 0 aromatic rings. The standard InChI is InChI=1S/C8H20N2/c1-4-8(10-5-2)6-7(3)9/h7-8,10H,4-6,9H2,1-3H3. The van der Waals surface area contributed by atoms with Crippen LogP contribution in [0.3, 0.4) is 0 Å². The molecule has 0 aliphatic heterocycles. The van der Waals surface area contributed by atoms with Gasteiger partial charge in [0.2, 0.25) is 0 Å². The highest BCUT2D eigenvalue weighted by molar-refractivity contribution is 4.68. The highest BCUT2D eigenvalue weighted by Crippen LogP contribution is 1.99. The second kappa shape index (κ2) is 5.69. The maximum atomic E-state index is 5.66. The summed E-state index contributed by atoms with van der Waals surface area (Å²) < 4.78 is 0. The molecule has 0 saturated carbocycles. The van der Waals surface area contributed by atoms with Gasteiger partial charge >= 0.3 is 0 Å². The van der Waals surface area contributed by atoms with Crippen molar-refractivity contribution >= 4 is 0 Å². The molecule has 0 saturated heterocycles. The largest absolute Gasteiger partial charge is 0.328 e. The Hall–Kier alpha value is -0.0800. The predicted octanol–water partition coefficient (Wildman–Crippen LogP) is 1.11. The molecule has 0 heterocycles. The van der Waals surface area contributed by atoms with Crippen LogP contribution in [0.4, 0.5) is 0 Å². The fourth-order valence-electron chi connectivity index (χ4n) is 1.13. The van der Waals surface area contributed by atoms with E-state index in [1.807, 2.05) is 0 Å². The van der Waals surface area contributed by atoms with Gasteiger partial charge < -0.3 is 11.1 Å². The van der Waals surface area contributed by atoms with Crippen LogP contribution in [0.1, 0.15) is 33.6 Å². The number of rotatable bonds is 5. The molecule has 0 aromatic heterocycles. The van der Waals surface area contributed by atoms with E-state index >= 15 is 0 Å². The van der Waals surface area contributed by atoms with E-state index in [2.05, 4.69) is 26.1 Å². The third-order valence-corrected chi connectivity index (χ3v) is 1.64. The maximum Gasteiger partial charge on any atom is 0.00789 e. The van der Waals surface area contributed by atoms with Gasteiger partial charge in [-0.25, -0.2) is 0 Å². The van der Waals surface area contributed by atoms with Crippen molar-refractivity contribution in [1.82, 2.24) is 5.32 Å². The van der Waals surface area contributed by atoms with Crippen molar-refractivity contribution in [2.24, 2.45) is 5.73 Å². The van der Waals surface area contributed by atoms with Gasteiger partial charge in [-0.05, 0) is 26.3 Å². The van der Waals surface area contributed by atoms with E-state index in [1.54, 1.807) is 0 Å². The third-order valence-electron chi connectivity index (χ3n) is 1.64. The Morgan fingerprint density at radius 2 is 2.00 bits per heavy atom. The molecule has 0 rings (SSSR count). The quantitative estimate of drug-likeness (QED) is 0.606. The smallest absolute Gasteiger partial charge is 0.00789 e. The molecular weight excluding hydrogens is 124 g/mol. The first-order valence-electron chi connectivity index (χ1n) is 4.19. The first-order chi connectivity index (χ1) is 4.70. The lowest BCUT2D eigenvalue weighted by atomic mass is 10.1. The minimum atomic E-state index is 0.323. The van der Waals surface area contributed by atoms with Gasteiger partial charge in [-0.3, -0.25) is 0 Å². The Labute approximate surface area is 64.2 Å². The minimum Gasteiger partial charge on any atom is -0.328 e. The van der Waals surface area contributed by atoms with E-state index in [9.17, 15) is 0 Å². The minimum absolute atomic E-state index is 0.323. The average Bonchev–Trinajstić information content (AvgIpc) is 1.86. The van der Waals surface area contributed by atoms with Crippen LogP contribution in [0.5, 0.6) is 0 Å². The zero-order chi connectivity index (χ0) is 7.98. The summed E-state index contributed by atoms with van der Waals surface area (Å²) in [6, 6.07) is 0.939. The molecule has 0 bridgehead atoms. The summed E-state index contributed by atoms with van der Waals surface area (Å²) in [5.41, 5.74) is 5.66. The van der Waals surface area contributed by atoms with E-state index < -0.39 is 0 Å². The highest BCUT2D eigenvalue weighted by Gasteiger charge is 2.05. The average molecular weight is 144 g/mol. The molecule has 10 heavy (non-hydrogen) atoms. The molecule has 2 heteroatoms. The maximum absolute atomic E-state index is 5.66. The van der Waals surface area contributed by atoms with Gasteiger partial charge in [0.05, 0.1) is 0 Å². The lowest BCUT2D eigenvalue weighted by molar-refractivity contribution is 0.448. The van der Waals surface area contributed by atoms with Crippen molar-refractivity contribution in [2.45, 2.75) is 45.7 Å². The van der Waals surface area contributed by atoms with Crippen molar-refractivity contribution in [1.29, 1.82) is 0 Å². The van der Waals surface area contributed by atoms with Gasteiger partial charge in [0, 0.05) is 12.1 Å². The number of nitrogens with one attached hydrogen (secondary N) is 1. The van der Waals surface area contributed by atoms with Crippen molar-refractivity contribution in [3.8, 4) is 0 Å². The van der Waals surface area contributed by atoms with Gasteiger partial charge in [0.15, 0.2) is 0 Å². The van der Waals surface area contributed by atoms with Crippen molar-refractivity contribution in [3.63, 3.8) is 0 Å². The summed E-state index contributed by atoms with van der Waals surface area (Å²) in [4.78, 5) is 0. The van der Waals surface area contributed by atoms with Crippen molar-refractivity contribution in [3.05, 3.63) is 0 Å². The van der Waals surface area contributed by atoms with E-state index in [4.69, 9.17) is 5.73 Å². The van der Waals surface area contributed by atoms with Crippen molar-refractivity contribution in [2.75, 3.05) is 6.54 Å². The molecule has 3 N–H and O–H groups in total. The van der Waals surface area contributed by atoms with Gasteiger partial charge in [-0.2, -0.15) is 0 Å². The summed E-state index contributed by atoms with van der Waals surface area (Å²) in [5, 5.41) is 3.38. The molecule has 0 aliphatic rings. The number of hydrogen-bond acceptors (Lipinski definition) is 2. The fourth-order valence-corrected chi connectivity index (χ4v) is 1.13. The van der Waals surface area contributed by atoms with Crippen LogP contribution in [0.15, 0.2) is 0 Å². The third kappa shape index (κ3) is 4.77. The molecule has 62 valence electrons. The SMILES string of the molecule is CCNC(CC)CC(C)N. The molecule has 0 fully saturated rings. The Bertz CT molecular complexity index is 71.7. The van der Waals surface area contributed by atoms with E-state index in [0.717, 1.165) is 13.0 Å². The molecule has 0 amide bonds. The molecule has 0 radical (unpaired) electrons. The summed E-state index contributed by atoms with van der Waals surface area (Å²) >= 11 is 0. The number of hydrogen-bond donors (Lipinski definition) is 2. The van der Waals surface area contributed by atoms with Crippen LogP contribution in [-0.4, -0.2) is 18.6 Å². The first kappa shape index (κ1) is 9.92. The molecular formula is C8H20N2. The summed E-state index contributed by atoms with van der Waals surface area (Å²) in [7, 11) is 0. The highest BCUT2D eigenvalue weighted by atomic mass is 14.9. The normalized spacial score (nSPS) is 16.8. The van der Waals surface area contributed by atoms with Crippen LogP contribution in [-0.2, 0) is 0 Å². The molecule has 0 aromatic carbocycles. The van der Waals surface area contributed by atoms with Gasteiger partial charge in [-0.1, -0.05) is 13.8 Å². The Kier molecular flexibility index (Phi) is 5.64. The van der Waals surface area contributed by atoms with Crippen molar-refractivity contribution < 1.29 is 0 Å². The Balaban J connectivity index is 3.39. The van der Waals surface area contributed by atoms with E-state index in [0.29, 0.717) is 12.1 Å². The predicted molar refractivity (Wildman–Crippen MR) is 46.0 cm³/mol. The lowest BCUT2D eigenvalue weighted by Crippen LogP contribution is -2.33. The molecule has 0 aliphatic carbocycles. The molecule has 2 atom stereocenters. The molecule has 0 spiro atoms.